The van der Waals surface area contributed by atoms with Gasteiger partial charge in [-0.25, -0.2) is 0 Å². The van der Waals surface area contributed by atoms with Crippen LogP contribution in [0.2, 0.25) is 0 Å². The van der Waals surface area contributed by atoms with E-state index in [1.54, 1.807) is 0 Å². The van der Waals surface area contributed by atoms with Crippen molar-refractivity contribution in [1.29, 1.82) is 0 Å². The van der Waals surface area contributed by atoms with Crippen molar-refractivity contribution in [2.24, 2.45) is 0 Å². The quantitative estimate of drug-likeness (QED) is 0.633. The van der Waals surface area contributed by atoms with Crippen molar-refractivity contribution < 1.29 is 5.11 Å². The Balaban J connectivity index is 3.43. The topological polar surface area (TPSA) is 23.5 Å². The molecule has 0 saturated carbocycles. The zero-order valence-electron chi connectivity index (χ0n) is 7.58. The molecule has 0 fully saturated rings. The maximum absolute atomic E-state index is 9.00. The fourth-order valence-electron chi connectivity index (χ4n) is 0.934. The Morgan fingerprint density at radius 3 is 2.55 bits per heavy atom. The highest BCUT2D eigenvalue weighted by atomic mass is 16.3. The van der Waals surface area contributed by atoms with Crippen LogP contribution < -0.4 is 0 Å². The molecule has 0 unspecified atom stereocenters. The molecular formula is C9H19NO. The van der Waals surface area contributed by atoms with Crippen molar-refractivity contribution in [3.05, 3.63) is 12.8 Å². The van der Waals surface area contributed by atoms with E-state index in [9.17, 15) is 0 Å². The van der Waals surface area contributed by atoms with E-state index in [2.05, 4.69) is 18.4 Å². The first-order valence-corrected chi connectivity index (χ1v) is 4.25. The SMILES string of the molecule is C=CN(CCC)CC[C@H](C)O. The molecule has 0 aliphatic rings. The summed E-state index contributed by atoms with van der Waals surface area (Å²) >= 11 is 0. The molecule has 0 spiro atoms. The monoisotopic (exact) mass is 157 g/mol. The molecule has 0 radical (unpaired) electrons. The number of nitrogens with zero attached hydrogens (tertiary/aromatic N) is 1. The standard InChI is InChI=1S/C9H19NO/c1-4-7-10(5-2)8-6-9(3)11/h5,9,11H,2,4,6-8H2,1,3H3/t9-/m0/s1. The Morgan fingerprint density at radius 2 is 2.18 bits per heavy atom. The van der Waals surface area contributed by atoms with Crippen LogP contribution in [0.5, 0.6) is 0 Å². The summed E-state index contributed by atoms with van der Waals surface area (Å²) in [6.07, 6.45) is 3.60. The van der Waals surface area contributed by atoms with Crippen molar-refractivity contribution in [3.63, 3.8) is 0 Å². The van der Waals surface area contributed by atoms with Gasteiger partial charge in [0.25, 0.3) is 0 Å². The third-order valence-electron chi connectivity index (χ3n) is 1.60. The van der Waals surface area contributed by atoms with Gasteiger partial charge in [0.2, 0.25) is 0 Å². The molecular weight excluding hydrogens is 138 g/mol. The first-order chi connectivity index (χ1) is 5.20. The average molecular weight is 157 g/mol. The lowest BCUT2D eigenvalue weighted by Gasteiger charge is -2.19. The summed E-state index contributed by atoms with van der Waals surface area (Å²) in [6.45, 7) is 9.60. The van der Waals surface area contributed by atoms with Crippen molar-refractivity contribution >= 4 is 0 Å². The molecule has 11 heavy (non-hydrogen) atoms. The largest absolute Gasteiger partial charge is 0.393 e. The molecule has 0 aromatic carbocycles. The van der Waals surface area contributed by atoms with Gasteiger partial charge in [0, 0.05) is 13.1 Å². The van der Waals surface area contributed by atoms with Crippen LogP contribution in [-0.2, 0) is 0 Å². The third kappa shape index (κ3) is 5.92. The first-order valence-electron chi connectivity index (χ1n) is 4.25. The molecule has 2 heteroatoms. The Kier molecular flexibility index (Phi) is 5.94. The molecule has 2 nitrogen and oxygen atoms in total. The van der Waals surface area contributed by atoms with Gasteiger partial charge in [0.1, 0.15) is 0 Å². The number of aliphatic hydroxyl groups is 1. The molecule has 0 aromatic heterocycles. The minimum atomic E-state index is -0.200. The van der Waals surface area contributed by atoms with Gasteiger partial charge in [-0.2, -0.15) is 0 Å². The highest BCUT2D eigenvalue weighted by Gasteiger charge is 1.99. The number of aliphatic hydroxyl groups excluding tert-OH is 1. The summed E-state index contributed by atoms with van der Waals surface area (Å²) in [5.74, 6) is 0. The molecule has 66 valence electrons. The van der Waals surface area contributed by atoms with Gasteiger partial charge in [-0.1, -0.05) is 13.5 Å². The summed E-state index contributed by atoms with van der Waals surface area (Å²) in [6, 6.07) is 0. The predicted molar refractivity (Wildman–Crippen MR) is 48.4 cm³/mol. The predicted octanol–water partition coefficient (Wildman–Crippen LogP) is 1.61. The molecule has 0 aromatic rings. The van der Waals surface area contributed by atoms with Crippen LogP contribution >= 0.6 is 0 Å². The summed E-state index contributed by atoms with van der Waals surface area (Å²) in [7, 11) is 0. The Hall–Kier alpha value is -0.500. The maximum Gasteiger partial charge on any atom is 0.0528 e. The molecule has 0 saturated heterocycles. The second kappa shape index (κ2) is 6.23. The van der Waals surface area contributed by atoms with E-state index in [0.29, 0.717) is 0 Å². The van der Waals surface area contributed by atoms with Crippen LogP contribution in [0.3, 0.4) is 0 Å². The molecule has 0 amide bonds. The third-order valence-corrected chi connectivity index (χ3v) is 1.60. The summed E-state index contributed by atoms with van der Waals surface area (Å²) in [4.78, 5) is 2.13. The fraction of sp³-hybridized carbons (Fsp3) is 0.778. The highest BCUT2D eigenvalue weighted by molar-refractivity contribution is 4.70. The van der Waals surface area contributed by atoms with Gasteiger partial charge >= 0.3 is 0 Å². The van der Waals surface area contributed by atoms with E-state index in [-0.39, 0.29) is 6.10 Å². The Morgan fingerprint density at radius 1 is 1.55 bits per heavy atom. The zero-order chi connectivity index (χ0) is 8.69. The van der Waals surface area contributed by atoms with E-state index < -0.39 is 0 Å². The smallest absolute Gasteiger partial charge is 0.0528 e. The van der Waals surface area contributed by atoms with E-state index in [4.69, 9.17) is 5.11 Å². The summed E-state index contributed by atoms with van der Waals surface area (Å²) in [5, 5.41) is 9.00. The second-order valence-corrected chi connectivity index (χ2v) is 2.86. The van der Waals surface area contributed by atoms with Gasteiger partial charge < -0.3 is 10.0 Å². The van der Waals surface area contributed by atoms with Gasteiger partial charge in [-0.05, 0) is 26.0 Å². The molecule has 0 aliphatic heterocycles. The Labute approximate surface area is 69.5 Å². The normalized spacial score (nSPS) is 12.6. The van der Waals surface area contributed by atoms with Crippen LogP contribution in [0.25, 0.3) is 0 Å². The molecule has 0 bridgehead atoms. The molecule has 1 N–H and O–H groups in total. The van der Waals surface area contributed by atoms with Gasteiger partial charge in [-0.15, -0.1) is 0 Å². The lowest BCUT2D eigenvalue weighted by Crippen LogP contribution is -2.21. The van der Waals surface area contributed by atoms with Crippen LogP contribution in [0.4, 0.5) is 0 Å². The van der Waals surface area contributed by atoms with Crippen LogP contribution in [-0.4, -0.2) is 29.2 Å². The minimum Gasteiger partial charge on any atom is -0.393 e. The van der Waals surface area contributed by atoms with Crippen molar-refractivity contribution in [2.75, 3.05) is 13.1 Å². The van der Waals surface area contributed by atoms with Gasteiger partial charge in [0.05, 0.1) is 6.10 Å². The lowest BCUT2D eigenvalue weighted by atomic mass is 10.2. The van der Waals surface area contributed by atoms with Crippen LogP contribution in [0.15, 0.2) is 12.8 Å². The first kappa shape index (κ1) is 10.5. The molecule has 1 atom stereocenters. The lowest BCUT2D eigenvalue weighted by molar-refractivity contribution is 0.169. The number of rotatable bonds is 6. The molecule has 0 rings (SSSR count). The maximum atomic E-state index is 9.00. The van der Waals surface area contributed by atoms with E-state index in [1.807, 2.05) is 13.1 Å². The molecule has 0 aliphatic carbocycles. The van der Waals surface area contributed by atoms with E-state index in [0.717, 1.165) is 25.9 Å². The molecule has 0 heterocycles. The zero-order valence-corrected chi connectivity index (χ0v) is 7.58. The highest BCUT2D eigenvalue weighted by Crippen LogP contribution is 1.97. The number of hydrogen-bond acceptors (Lipinski definition) is 2. The number of hydrogen-bond donors (Lipinski definition) is 1. The Bertz CT molecular complexity index is 102. The van der Waals surface area contributed by atoms with E-state index >= 15 is 0 Å². The second-order valence-electron chi connectivity index (χ2n) is 2.86. The van der Waals surface area contributed by atoms with Crippen molar-refractivity contribution in [2.45, 2.75) is 32.8 Å². The average Bonchev–Trinajstić information content (AvgIpc) is 1.97. The van der Waals surface area contributed by atoms with E-state index in [1.165, 1.54) is 0 Å². The summed E-state index contributed by atoms with van der Waals surface area (Å²) in [5.41, 5.74) is 0. The van der Waals surface area contributed by atoms with Crippen molar-refractivity contribution in [1.82, 2.24) is 4.90 Å². The van der Waals surface area contributed by atoms with Crippen LogP contribution in [0, 0.1) is 0 Å². The van der Waals surface area contributed by atoms with Gasteiger partial charge in [-0.3, -0.25) is 0 Å². The van der Waals surface area contributed by atoms with Crippen molar-refractivity contribution in [3.8, 4) is 0 Å². The minimum absolute atomic E-state index is 0.200. The fourth-order valence-corrected chi connectivity index (χ4v) is 0.934. The van der Waals surface area contributed by atoms with Gasteiger partial charge in [0.15, 0.2) is 0 Å². The summed E-state index contributed by atoms with van der Waals surface area (Å²) < 4.78 is 0. The van der Waals surface area contributed by atoms with Crippen LogP contribution in [0.1, 0.15) is 26.7 Å².